The summed E-state index contributed by atoms with van der Waals surface area (Å²) >= 11 is 0. The molecule has 3 saturated heterocycles. The van der Waals surface area contributed by atoms with Crippen molar-refractivity contribution < 1.29 is 15.3 Å². The molecule has 0 radical (unpaired) electrons. The maximum Gasteiger partial charge on any atom is 0.220 e. The van der Waals surface area contributed by atoms with E-state index in [1.807, 2.05) is 0 Å². The third-order valence-electron chi connectivity index (χ3n) is 6.51. The van der Waals surface area contributed by atoms with Crippen molar-refractivity contribution in [2.75, 3.05) is 91.6 Å². The van der Waals surface area contributed by atoms with E-state index in [1.165, 1.54) is 0 Å². The molecule has 36 heavy (non-hydrogen) atoms. The molecule has 8 N–H and O–H groups in total. The van der Waals surface area contributed by atoms with E-state index in [0.29, 0.717) is 52.0 Å². The van der Waals surface area contributed by atoms with Gasteiger partial charge in [0.2, 0.25) is 11.8 Å². The van der Waals surface area contributed by atoms with Gasteiger partial charge in [0.25, 0.3) is 0 Å². The van der Waals surface area contributed by atoms with Crippen molar-refractivity contribution in [2.24, 2.45) is 10.5 Å². The summed E-state index contributed by atoms with van der Waals surface area (Å²) in [5, 5.41) is 30.9. The molecule has 0 aromatic heterocycles. The zero-order chi connectivity index (χ0) is 26.0. The molecule has 0 unspecified atom stereocenters. The topological polar surface area (TPSA) is 179 Å². The molecule has 0 atom stereocenters. The Morgan fingerprint density at radius 2 is 1.28 bits per heavy atom. The lowest BCUT2D eigenvalue weighted by atomic mass is 9.90. The molecule has 0 saturated carbocycles. The maximum absolute atomic E-state index is 12.9. The fraction of sp³-hybridized carbons (Fsp3) is 0.913. The van der Waals surface area contributed by atoms with E-state index in [4.69, 9.17) is 5.53 Å². The van der Waals surface area contributed by atoms with Crippen LogP contribution in [0.2, 0.25) is 0 Å². The number of carbonyl (C=O) groups excluding carboxylic acids is 2. The number of carbonyl (C=O) groups is 2. The van der Waals surface area contributed by atoms with Crippen molar-refractivity contribution in [1.29, 1.82) is 0 Å². The second kappa shape index (κ2) is 17.5. The number of hydrogen-bond acceptors (Lipinski definition) is 9. The average Bonchev–Trinajstić information content (AvgIpc) is 2.85. The summed E-state index contributed by atoms with van der Waals surface area (Å²) in [5.74, 6) is -0.143. The Labute approximate surface area is 221 Å². The number of hydrogen-bond donors (Lipinski definition) is 8. The van der Waals surface area contributed by atoms with Gasteiger partial charge >= 0.3 is 0 Å². The Bertz CT molecular complexity index is 675. The number of nitrogens with zero attached hydrogens (tertiary/aromatic N) is 3. The van der Waals surface area contributed by atoms with Gasteiger partial charge in [-0.25, -0.2) is 0 Å². The normalized spacial score (nSPS) is 26.7. The fourth-order valence-electron chi connectivity index (χ4n) is 4.47. The van der Waals surface area contributed by atoms with Gasteiger partial charge < -0.3 is 42.5 Å². The number of azide groups is 1. The van der Waals surface area contributed by atoms with Crippen LogP contribution in [0.15, 0.2) is 5.11 Å². The lowest BCUT2D eigenvalue weighted by molar-refractivity contribution is -0.123. The highest BCUT2D eigenvalue weighted by molar-refractivity contribution is 5.79. The van der Waals surface area contributed by atoms with Crippen molar-refractivity contribution in [3.05, 3.63) is 10.4 Å². The highest BCUT2D eigenvalue weighted by atomic mass is 16.2. The SMILES string of the molecule is CC12CNCCNCC(NC(=O)CCCC(=O)NCCCN=[N+]=[N-])(CNCCNC1)CNCCNC2.[HH].[HH].[HH].[HH]. The lowest BCUT2D eigenvalue weighted by Crippen LogP contribution is -2.66. The first kappa shape index (κ1) is 30.2. The third-order valence-corrected chi connectivity index (χ3v) is 6.51. The van der Waals surface area contributed by atoms with Crippen LogP contribution in [0.25, 0.3) is 10.4 Å². The van der Waals surface area contributed by atoms with Crippen LogP contribution in [0, 0.1) is 5.41 Å². The highest BCUT2D eigenvalue weighted by Crippen LogP contribution is 2.12. The van der Waals surface area contributed by atoms with Crippen LogP contribution in [-0.4, -0.2) is 109 Å². The first-order valence-corrected chi connectivity index (χ1v) is 13.3. The summed E-state index contributed by atoms with van der Waals surface area (Å²) in [6.07, 6.45) is 1.66. The molecule has 13 nitrogen and oxygen atoms in total. The average molecular weight is 518 g/mol. The molecule has 3 heterocycles. The van der Waals surface area contributed by atoms with E-state index < -0.39 is 5.54 Å². The first-order valence-electron chi connectivity index (χ1n) is 13.3. The predicted molar refractivity (Wildman–Crippen MR) is 150 cm³/mol. The zero-order valence-electron chi connectivity index (χ0n) is 21.9. The summed E-state index contributed by atoms with van der Waals surface area (Å²) in [6.45, 7) is 12.9. The maximum atomic E-state index is 12.9. The van der Waals surface area contributed by atoms with Gasteiger partial charge in [-0.15, -0.1) is 0 Å². The largest absolute Gasteiger partial charge is 0.356 e. The standard InChI is InChI=1S/C23H47N11O2.4H2/c1-22-14-25-8-11-28-17-23(18-29-12-9-26-15-22,19-30-13-10-27-16-22)33-21(36)5-2-4-20(35)31-6-3-7-32-34-24;;;;/h25-30H,2-19H2,1H3,(H,31,35)(H,33,36);4*1H. The van der Waals surface area contributed by atoms with Gasteiger partial charge in [-0.3, -0.25) is 9.59 Å². The Morgan fingerprint density at radius 1 is 0.806 bits per heavy atom. The van der Waals surface area contributed by atoms with E-state index in [1.54, 1.807) is 0 Å². The van der Waals surface area contributed by atoms with Crippen molar-refractivity contribution in [1.82, 2.24) is 42.5 Å². The molecule has 214 valence electrons. The molecule has 2 amide bonds. The first-order chi connectivity index (χ1) is 17.5. The molecule has 3 fully saturated rings. The third kappa shape index (κ3) is 12.8. The Hall–Kier alpha value is -1.99. The minimum atomic E-state index is -0.483. The highest BCUT2D eigenvalue weighted by Gasteiger charge is 2.32. The van der Waals surface area contributed by atoms with Crippen LogP contribution < -0.4 is 42.5 Å². The number of rotatable bonds is 9. The van der Waals surface area contributed by atoms with Crippen LogP contribution in [0.3, 0.4) is 0 Å². The van der Waals surface area contributed by atoms with Gasteiger partial charge in [-0.05, 0) is 18.4 Å². The minimum Gasteiger partial charge on any atom is -0.356 e. The molecule has 0 aliphatic carbocycles. The van der Waals surface area contributed by atoms with Gasteiger partial charge in [0.05, 0.1) is 5.54 Å². The summed E-state index contributed by atoms with van der Waals surface area (Å²) in [6, 6.07) is 0. The number of amides is 2. The molecule has 3 rings (SSSR count). The van der Waals surface area contributed by atoms with Gasteiger partial charge in [-0.1, -0.05) is 12.0 Å². The molecule has 0 spiro atoms. The number of nitrogens with one attached hydrogen (secondary N) is 8. The number of fused-ring (bicyclic) bond motifs is 15. The van der Waals surface area contributed by atoms with Gasteiger partial charge in [-0.2, -0.15) is 0 Å². The second-order valence-corrected chi connectivity index (χ2v) is 10.2. The Morgan fingerprint density at radius 3 is 1.78 bits per heavy atom. The van der Waals surface area contributed by atoms with E-state index in [2.05, 4.69) is 59.5 Å². The molecule has 0 aromatic rings. The Balaban J connectivity index is -0.00000342. The lowest BCUT2D eigenvalue weighted by Gasteiger charge is -2.37. The van der Waals surface area contributed by atoms with Crippen LogP contribution in [0.4, 0.5) is 0 Å². The smallest absolute Gasteiger partial charge is 0.220 e. The summed E-state index contributed by atoms with van der Waals surface area (Å²) < 4.78 is 0. The summed E-state index contributed by atoms with van der Waals surface area (Å²) in [4.78, 5) is 27.6. The summed E-state index contributed by atoms with van der Waals surface area (Å²) in [5.41, 5.74) is 7.93. The quantitative estimate of drug-likeness (QED) is 0.0863. The van der Waals surface area contributed by atoms with E-state index in [0.717, 1.165) is 58.9 Å². The van der Waals surface area contributed by atoms with Crippen molar-refractivity contribution in [2.45, 2.75) is 38.1 Å². The molecular formula is C23H55N11O2. The molecular weight excluding hydrogens is 462 g/mol. The van der Waals surface area contributed by atoms with E-state index >= 15 is 0 Å². The van der Waals surface area contributed by atoms with E-state index in [9.17, 15) is 9.59 Å². The van der Waals surface area contributed by atoms with Crippen LogP contribution in [0.1, 0.15) is 38.3 Å². The van der Waals surface area contributed by atoms with Gasteiger partial charge in [0, 0.05) is 121 Å². The van der Waals surface area contributed by atoms with Crippen LogP contribution in [0.5, 0.6) is 0 Å². The monoisotopic (exact) mass is 517 g/mol. The van der Waals surface area contributed by atoms with Crippen LogP contribution >= 0.6 is 0 Å². The van der Waals surface area contributed by atoms with Crippen molar-refractivity contribution >= 4 is 11.8 Å². The van der Waals surface area contributed by atoms with Crippen LogP contribution in [-0.2, 0) is 9.59 Å². The molecule has 2 bridgehead atoms. The zero-order valence-corrected chi connectivity index (χ0v) is 21.9. The Kier molecular flexibility index (Phi) is 14.7. The van der Waals surface area contributed by atoms with Gasteiger partial charge in [0.15, 0.2) is 0 Å². The predicted octanol–water partition coefficient (Wildman–Crippen LogP) is -0.617. The summed E-state index contributed by atoms with van der Waals surface area (Å²) in [7, 11) is 0. The molecule has 3 aliphatic rings. The fourth-order valence-corrected chi connectivity index (χ4v) is 4.47. The minimum absolute atomic E-state index is 0. The van der Waals surface area contributed by atoms with Crippen molar-refractivity contribution in [3.8, 4) is 0 Å². The molecule has 3 aliphatic heterocycles. The van der Waals surface area contributed by atoms with E-state index in [-0.39, 0.29) is 29.4 Å². The van der Waals surface area contributed by atoms with Gasteiger partial charge in [0.1, 0.15) is 0 Å². The molecule has 13 heteroatoms. The second-order valence-electron chi connectivity index (χ2n) is 10.2. The molecule has 0 aromatic carbocycles. The van der Waals surface area contributed by atoms with Crippen molar-refractivity contribution in [3.63, 3.8) is 0 Å².